The highest BCUT2D eigenvalue weighted by molar-refractivity contribution is 5.80. The Morgan fingerprint density at radius 1 is 1.45 bits per heavy atom. The molecule has 0 aromatic carbocycles. The van der Waals surface area contributed by atoms with E-state index in [-0.39, 0.29) is 11.9 Å². The molecule has 0 bridgehead atoms. The lowest BCUT2D eigenvalue weighted by molar-refractivity contribution is -0.129. The Labute approximate surface area is 68.9 Å². The third kappa shape index (κ3) is 4.96. The smallest absolute Gasteiger partial charge is 0.158 e. The molecule has 0 saturated carbocycles. The summed E-state index contributed by atoms with van der Waals surface area (Å²) in [6.07, 6.45) is 0.656. The first-order chi connectivity index (χ1) is 5.07. The third-order valence-corrected chi connectivity index (χ3v) is 1.51. The van der Waals surface area contributed by atoms with Gasteiger partial charge >= 0.3 is 0 Å². The Bertz CT molecular complexity index is 119. The van der Waals surface area contributed by atoms with Gasteiger partial charge in [0.2, 0.25) is 0 Å². The molecule has 2 heteroatoms. The fourth-order valence-corrected chi connectivity index (χ4v) is 0.981. The highest BCUT2D eigenvalue weighted by Crippen LogP contribution is 2.08. The Morgan fingerprint density at radius 3 is 2.27 bits per heavy atom. The molecule has 0 N–H and O–H groups in total. The molecule has 0 saturated heterocycles. The Balaban J connectivity index is 3.79. The first-order valence-electron chi connectivity index (χ1n) is 4.20. The Morgan fingerprint density at radius 2 is 2.00 bits per heavy atom. The van der Waals surface area contributed by atoms with E-state index in [1.807, 2.05) is 6.92 Å². The van der Waals surface area contributed by atoms with Gasteiger partial charge in [-0.2, -0.15) is 0 Å². The fraction of sp³-hybridized carbons (Fsp3) is 0.889. The van der Waals surface area contributed by atoms with Gasteiger partial charge in [0.25, 0.3) is 0 Å². The standard InChI is InChI=1S/C9H18O2/c1-5-11-9(8(4)10)6-7(2)3/h7,9H,5-6H2,1-4H3. The van der Waals surface area contributed by atoms with Gasteiger partial charge in [0.1, 0.15) is 6.10 Å². The molecule has 2 nitrogen and oxygen atoms in total. The van der Waals surface area contributed by atoms with Crippen molar-refractivity contribution in [3.05, 3.63) is 0 Å². The summed E-state index contributed by atoms with van der Waals surface area (Å²) in [5.74, 6) is 0.663. The first kappa shape index (κ1) is 10.6. The number of hydrogen-bond acceptors (Lipinski definition) is 2. The number of rotatable bonds is 5. The number of carbonyl (C=O) groups excluding carboxylic acids is 1. The van der Waals surface area contributed by atoms with Crippen molar-refractivity contribution >= 4 is 5.78 Å². The van der Waals surface area contributed by atoms with Gasteiger partial charge in [-0.1, -0.05) is 13.8 Å². The zero-order valence-corrected chi connectivity index (χ0v) is 7.89. The van der Waals surface area contributed by atoms with Gasteiger partial charge in [0.15, 0.2) is 5.78 Å². The second-order valence-electron chi connectivity index (χ2n) is 3.18. The largest absolute Gasteiger partial charge is 0.371 e. The van der Waals surface area contributed by atoms with Gasteiger partial charge in [-0.3, -0.25) is 4.79 Å². The van der Waals surface area contributed by atoms with Crippen LogP contribution >= 0.6 is 0 Å². The van der Waals surface area contributed by atoms with E-state index in [1.54, 1.807) is 6.92 Å². The van der Waals surface area contributed by atoms with Gasteiger partial charge in [0, 0.05) is 6.61 Å². The second-order valence-corrected chi connectivity index (χ2v) is 3.18. The van der Waals surface area contributed by atoms with E-state index in [9.17, 15) is 4.79 Å². The summed E-state index contributed by atoms with van der Waals surface area (Å²) >= 11 is 0. The van der Waals surface area contributed by atoms with E-state index in [1.165, 1.54) is 0 Å². The van der Waals surface area contributed by atoms with Crippen molar-refractivity contribution in [2.45, 2.75) is 40.2 Å². The molecule has 0 radical (unpaired) electrons. The van der Waals surface area contributed by atoms with Gasteiger partial charge in [-0.15, -0.1) is 0 Å². The molecule has 0 rings (SSSR count). The van der Waals surface area contributed by atoms with Crippen LogP contribution in [-0.4, -0.2) is 18.5 Å². The van der Waals surface area contributed by atoms with E-state index in [0.29, 0.717) is 12.5 Å². The van der Waals surface area contributed by atoms with E-state index in [0.717, 1.165) is 6.42 Å². The van der Waals surface area contributed by atoms with Crippen molar-refractivity contribution in [3.8, 4) is 0 Å². The first-order valence-corrected chi connectivity index (χ1v) is 4.20. The molecule has 0 amide bonds. The van der Waals surface area contributed by atoms with Crippen LogP contribution in [0.2, 0.25) is 0 Å². The second kappa shape index (κ2) is 5.30. The number of hydrogen-bond donors (Lipinski definition) is 0. The number of Topliss-reactive ketones (excluding diaryl/α,β-unsaturated/α-hetero) is 1. The van der Waals surface area contributed by atoms with Crippen molar-refractivity contribution < 1.29 is 9.53 Å². The van der Waals surface area contributed by atoms with E-state index >= 15 is 0 Å². The molecule has 0 spiro atoms. The maximum absolute atomic E-state index is 10.9. The predicted octanol–water partition coefficient (Wildman–Crippen LogP) is 2.03. The summed E-state index contributed by atoms with van der Waals surface area (Å²) in [6, 6.07) is 0. The molecular weight excluding hydrogens is 140 g/mol. The molecule has 0 aromatic rings. The Kier molecular flexibility index (Phi) is 5.12. The molecule has 1 atom stereocenters. The maximum Gasteiger partial charge on any atom is 0.158 e. The summed E-state index contributed by atoms with van der Waals surface area (Å²) in [5.41, 5.74) is 0. The topological polar surface area (TPSA) is 26.3 Å². The minimum Gasteiger partial charge on any atom is -0.371 e. The molecule has 0 aromatic heterocycles. The molecule has 0 fully saturated rings. The van der Waals surface area contributed by atoms with E-state index in [4.69, 9.17) is 4.74 Å². The van der Waals surface area contributed by atoms with Crippen LogP contribution in [0.25, 0.3) is 0 Å². The molecule has 1 unspecified atom stereocenters. The summed E-state index contributed by atoms with van der Waals surface area (Å²) in [5, 5.41) is 0. The van der Waals surface area contributed by atoms with Crippen LogP contribution in [0.3, 0.4) is 0 Å². The van der Waals surface area contributed by atoms with Crippen molar-refractivity contribution in [2.75, 3.05) is 6.61 Å². The fourth-order valence-electron chi connectivity index (χ4n) is 0.981. The van der Waals surface area contributed by atoms with Crippen LogP contribution in [0.5, 0.6) is 0 Å². The van der Waals surface area contributed by atoms with Crippen molar-refractivity contribution in [3.63, 3.8) is 0 Å². The summed E-state index contributed by atoms with van der Waals surface area (Å²) < 4.78 is 5.26. The predicted molar refractivity (Wildman–Crippen MR) is 45.6 cm³/mol. The van der Waals surface area contributed by atoms with Crippen LogP contribution in [0.4, 0.5) is 0 Å². The lowest BCUT2D eigenvalue weighted by Crippen LogP contribution is -2.23. The zero-order chi connectivity index (χ0) is 8.85. The van der Waals surface area contributed by atoms with E-state index in [2.05, 4.69) is 13.8 Å². The van der Waals surface area contributed by atoms with Crippen LogP contribution in [0.15, 0.2) is 0 Å². The van der Waals surface area contributed by atoms with Gasteiger partial charge in [-0.05, 0) is 26.2 Å². The number of carbonyl (C=O) groups is 1. The van der Waals surface area contributed by atoms with Crippen LogP contribution in [0, 0.1) is 5.92 Å². The summed E-state index contributed by atoms with van der Waals surface area (Å²) in [6.45, 7) is 8.31. The average Bonchev–Trinajstić information content (AvgIpc) is 1.86. The van der Waals surface area contributed by atoms with Gasteiger partial charge in [0.05, 0.1) is 0 Å². The average molecular weight is 158 g/mol. The molecule has 0 aliphatic rings. The minimum absolute atomic E-state index is 0.139. The quantitative estimate of drug-likeness (QED) is 0.612. The SMILES string of the molecule is CCOC(CC(C)C)C(C)=O. The zero-order valence-electron chi connectivity index (χ0n) is 7.89. The van der Waals surface area contributed by atoms with E-state index < -0.39 is 0 Å². The lowest BCUT2D eigenvalue weighted by atomic mass is 10.0. The van der Waals surface area contributed by atoms with Crippen molar-refractivity contribution in [1.29, 1.82) is 0 Å². The van der Waals surface area contributed by atoms with Crippen molar-refractivity contribution in [2.24, 2.45) is 5.92 Å². The van der Waals surface area contributed by atoms with Crippen LogP contribution in [0.1, 0.15) is 34.1 Å². The molecule has 11 heavy (non-hydrogen) atoms. The van der Waals surface area contributed by atoms with Gasteiger partial charge in [-0.25, -0.2) is 0 Å². The molecule has 0 aliphatic carbocycles. The van der Waals surface area contributed by atoms with Crippen molar-refractivity contribution in [1.82, 2.24) is 0 Å². The normalized spacial score (nSPS) is 13.5. The van der Waals surface area contributed by atoms with Crippen LogP contribution in [-0.2, 0) is 9.53 Å². The maximum atomic E-state index is 10.9. The summed E-state index contributed by atoms with van der Waals surface area (Å²) in [7, 11) is 0. The molecule has 66 valence electrons. The highest BCUT2D eigenvalue weighted by atomic mass is 16.5. The van der Waals surface area contributed by atoms with Crippen LogP contribution < -0.4 is 0 Å². The number of ketones is 1. The number of ether oxygens (including phenoxy) is 1. The molecular formula is C9H18O2. The van der Waals surface area contributed by atoms with Gasteiger partial charge < -0.3 is 4.74 Å². The molecule has 0 heterocycles. The highest BCUT2D eigenvalue weighted by Gasteiger charge is 2.14. The lowest BCUT2D eigenvalue weighted by Gasteiger charge is -2.15. The Hall–Kier alpha value is -0.370. The summed E-state index contributed by atoms with van der Waals surface area (Å²) in [4.78, 5) is 10.9. The molecule has 0 aliphatic heterocycles. The minimum atomic E-state index is -0.181. The third-order valence-electron chi connectivity index (χ3n) is 1.51. The monoisotopic (exact) mass is 158 g/mol.